The number of carbonyl (C=O) groups is 1. The van der Waals surface area contributed by atoms with Gasteiger partial charge in [0.1, 0.15) is 18.2 Å². The molecule has 0 aromatic heterocycles. The Kier molecular flexibility index (Phi) is 8.27. The summed E-state index contributed by atoms with van der Waals surface area (Å²) in [6.45, 7) is 1.26. The Balaban J connectivity index is 1.76. The van der Waals surface area contributed by atoms with Gasteiger partial charge in [-0.05, 0) is 42.7 Å². The van der Waals surface area contributed by atoms with Crippen molar-refractivity contribution in [3.63, 3.8) is 0 Å². The molecule has 1 N–H and O–H groups in total. The maximum absolute atomic E-state index is 12.4. The first kappa shape index (κ1) is 23.3. The maximum Gasteiger partial charge on any atom is 0.262 e. The van der Waals surface area contributed by atoms with Crippen LogP contribution in [-0.2, 0) is 16.1 Å². The average Bonchev–Trinajstić information content (AvgIpc) is 3.34. The van der Waals surface area contributed by atoms with Gasteiger partial charge in [-0.2, -0.15) is 10.5 Å². The molecule has 1 heterocycles. The first-order valence-electron chi connectivity index (χ1n) is 10.1. The van der Waals surface area contributed by atoms with E-state index in [1.165, 1.54) is 13.2 Å². The minimum absolute atomic E-state index is 0.00619. The number of benzene rings is 2. The molecule has 0 unspecified atom stereocenters. The van der Waals surface area contributed by atoms with Crippen LogP contribution >= 0.6 is 15.9 Å². The number of hydrogen-bond acceptors (Lipinski definition) is 6. The second kappa shape index (κ2) is 11.3. The van der Waals surface area contributed by atoms with Crippen LogP contribution in [0.15, 0.2) is 46.4 Å². The zero-order valence-corrected chi connectivity index (χ0v) is 19.1. The summed E-state index contributed by atoms with van der Waals surface area (Å²) in [5.41, 5.74) is 1.86. The van der Waals surface area contributed by atoms with Gasteiger partial charge in [0, 0.05) is 23.2 Å². The fourth-order valence-electron chi connectivity index (χ4n) is 3.26. The molecule has 32 heavy (non-hydrogen) atoms. The SMILES string of the molecule is COc1cc(/C=C(\C#N)C(=O)NC[C@@H]2CCCO2)c(Br)cc1OCc1ccccc1C#N. The lowest BCUT2D eigenvalue weighted by atomic mass is 10.1. The van der Waals surface area contributed by atoms with Crippen LogP contribution in [0.1, 0.15) is 29.5 Å². The number of nitrogens with one attached hydrogen (secondary N) is 1. The van der Waals surface area contributed by atoms with Gasteiger partial charge in [0.05, 0.1) is 24.8 Å². The van der Waals surface area contributed by atoms with Crippen molar-refractivity contribution in [3.05, 3.63) is 63.1 Å². The molecule has 8 heteroatoms. The molecule has 1 fully saturated rings. The molecule has 1 amide bonds. The summed E-state index contributed by atoms with van der Waals surface area (Å²) in [6, 6.07) is 14.7. The summed E-state index contributed by atoms with van der Waals surface area (Å²) in [5, 5.41) is 21.5. The van der Waals surface area contributed by atoms with E-state index >= 15 is 0 Å². The number of nitrogens with zero attached hydrogens (tertiary/aromatic N) is 2. The standard InChI is InChI=1S/C24H22BrN3O4/c1-30-22-10-18(9-19(13-27)24(29)28-14-20-7-4-8-31-20)21(25)11-23(22)32-15-17-6-3-2-5-16(17)12-26/h2-3,5-6,9-11,20H,4,7-8,14-15H2,1H3,(H,28,29)/b19-9+/t20-/m0/s1. The third kappa shape index (κ3) is 5.88. The fourth-order valence-corrected chi connectivity index (χ4v) is 3.69. The van der Waals surface area contributed by atoms with E-state index in [0.717, 1.165) is 18.4 Å². The largest absolute Gasteiger partial charge is 0.493 e. The van der Waals surface area contributed by atoms with E-state index in [1.54, 1.807) is 24.3 Å². The van der Waals surface area contributed by atoms with Crippen LogP contribution in [0.3, 0.4) is 0 Å². The maximum atomic E-state index is 12.4. The molecule has 0 radical (unpaired) electrons. The number of carbonyl (C=O) groups excluding carboxylic acids is 1. The van der Waals surface area contributed by atoms with Crippen molar-refractivity contribution >= 4 is 27.9 Å². The van der Waals surface area contributed by atoms with E-state index in [1.807, 2.05) is 18.2 Å². The molecule has 0 bridgehead atoms. The minimum Gasteiger partial charge on any atom is -0.493 e. The van der Waals surface area contributed by atoms with Crippen molar-refractivity contribution < 1.29 is 19.0 Å². The second-order valence-electron chi connectivity index (χ2n) is 7.10. The highest BCUT2D eigenvalue weighted by Gasteiger charge is 2.18. The smallest absolute Gasteiger partial charge is 0.262 e. The second-order valence-corrected chi connectivity index (χ2v) is 7.95. The molecule has 1 saturated heterocycles. The molecular weight excluding hydrogens is 474 g/mol. The number of ether oxygens (including phenoxy) is 3. The summed E-state index contributed by atoms with van der Waals surface area (Å²) in [5.74, 6) is 0.443. The van der Waals surface area contributed by atoms with Crippen LogP contribution in [0.5, 0.6) is 11.5 Å². The van der Waals surface area contributed by atoms with Gasteiger partial charge in [-0.1, -0.05) is 34.1 Å². The molecule has 2 aromatic rings. The monoisotopic (exact) mass is 495 g/mol. The summed E-state index contributed by atoms with van der Waals surface area (Å²) >= 11 is 3.47. The summed E-state index contributed by atoms with van der Waals surface area (Å²) in [7, 11) is 1.51. The first-order chi connectivity index (χ1) is 15.5. The van der Waals surface area contributed by atoms with E-state index in [9.17, 15) is 15.3 Å². The van der Waals surface area contributed by atoms with Crippen LogP contribution in [0.4, 0.5) is 0 Å². The van der Waals surface area contributed by atoms with E-state index in [4.69, 9.17) is 14.2 Å². The van der Waals surface area contributed by atoms with Crippen LogP contribution in [0.25, 0.3) is 6.08 Å². The van der Waals surface area contributed by atoms with Crippen molar-refractivity contribution in [3.8, 4) is 23.6 Å². The Bertz CT molecular complexity index is 1100. The summed E-state index contributed by atoms with van der Waals surface area (Å²) in [6.07, 6.45) is 3.36. The molecule has 2 aromatic carbocycles. The highest BCUT2D eigenvalue weighted by molar-refractivity contribution is 9.10. The number of methoxy groups -OCH3 is 1. The molecule has 1 aliphatic rings. The van der Waals surface area contributed by atoms with Gasteiger partial charge in [-0.25, -0.2) is 0 Å². The molecule has 1 aliphatic heterocycles. The predicted molar refractivity (Wildman–Crippen MR) is 122 cm³/mol. The topological polar surface area (TPSA) is 104 Å². The van der Waals surface area contributed by atoms with Crippen molar-refractivity contribution in [2.45, 2.75) is 25.6 Å². The zero-order chi connectivity index (χ0) is 22.9. The normalized spacial score (nSPS) is 15.5. The van der Waals surface area contributed by atoms with Gasteiger partial charge >= 0.3 is 0 Å². The molecule has 3 rings (SSSR count). The van der Waals surface area contributed by atoms with Gasteiger partial charge in [0.2, 0.25) is 0 Å². The lowest BCUT2D eigenvalue weighted by Crippen LogP contribution is -2.32. The third-order valence-corrected chi connectivity index (χ3v) is 5.67. The number of amides is 1. The van der Waals surface area contributed by atoms with Crippen LogP contribution < -0.4 is 14.8 Å². The van der Waals surface area contributed by atoms with Crippen molar-refractivity contribution in [2.24, 2.45) is 0 Å². The highest BCUT2D eigenvalue weighted by Crippen LogP contribution is 2.35. The van der Waals surface area contributed by atoms with Gasteiger partial charge in [-0.15, -0.1) is 0 Å². The molecule has 0 saturated carbocycles. The summed E-state index contributed by atoms with van der Waals surface area (Å²) in [4.78, 5) is 12.4. The first-order valence-corrected chi connectivity index (χ1v) is 10.8. The molecule has 0 aliphatic carbocycles. The Morgan fingerprint density at radius 1 is 1.31 bits per heavy atom. The quantitative estimate of drug-likeness (QED) is 0.436. The third-order valence-electron chi connectivity index (χ3n) is 4.98. The average molecular weight is 496 g/mol. The van der Waals surface area contributed by atoms with Gasteiger partial charge in [-0.3, -0.25) is 4.79 Å². The zero-order valence-electron chi connectivity index (χ0n) is 17.6. The lowest BCUT2D eigenvalue weighted by molar-refractivity contribution is -0.117. The number of rotatable bonds is 8. The van der Waals surface area contributed by atoms with Crippen LogP contribution in [0.2, 0.25) is 0 Å². The minimum atomic E-state index is -0.456. The molecule has 1 atom stereocenters. The van der Waals surface area contributed by atoms with E-state index < -0.39 is 5.91 Å². The number of halogens is 1. The number of nitriles is 2. The molecule has 0 spiro atoms. The Hall–Kier alpha value is -3.33. The van der Waals surface area contributed by atoms with E-state index in [-0.39, 0.29) is 18.3 Å². The van der Waals surface area contributed by atoms with Gasteiger partial charge in [0.15, 0.2) is 11.5 Å². The predicted octanol–water partition coefficient (Wildman–Crippen LogP) is 4.11. The molecular formula is C24H22BrN3O4. The van der Waals surface area contributed by atoms with Crippen molar-refractivity contribution in [1.29, 1.82) is 10.5 Å². The lowest BCUT2D eigenvalue weighted by Gasteiger charge is -2.14. The molecule has 7 nitrogen and oxygen atoms in total. The van der Waals surface area contributed by atoms with Crippen LogP contribution in [-0.4, -0.2) is 32.3 Å². The Morgan fingerprint density at radius 3 is 2.81 bits per heavy atom. The summed E-state index contributed by atoms with van der Waals surface area (Å²) < 4.78 is 17.4. The highest BCUT2D eigenvalue weighted by atomic mass is 79.9. The Labute approximate surface area is 195 Å². The Morgan fingerprint density at radius 2 is 2.12 bits per heavy atom. The van der Waals surface area contributed by atoms with Gasteiger partial charge in [0.25, 0.3) is 5.91 Å². The van der Waals surface area contributed by atoms with Crippen molar-refractivity contribution in [2.75, 3.05) is 20.3 Å². The van der Waals surface area contributed by atoms with E-state index in [2.05, 4.69) is 27.3 Å². The van der Waals surface area contributed by atoms with E-state index in [0.29, 0.717) is 40.3 Å². The fraction of sp³-hybridized carbons (Fsp3) is 0.292. The van der Waals surface area contributed by atoms with Gasteiger partial charge < -0.3 is 19.5 Å². The number of hydrogen-bond donors (Lipinski definition) is 1. The van der Waals surface area contributed by atoms with Crippen LogP contribution in [0, 0.1) is 22.7 Å². The van der Waals surface area contributed by atoms with Crippen molar-refractivity contribution in [1.82, 2.24) is 5.32 Å². The molecule has 164 valence electrons.